The fraction of sp³-hybridized carbons (Fsp3) is 0.517. The van der Waals surface area contributed by atoms with Crippen LogP contribution >= 0.6 is 15.9 Å². The molecular formula is C29H34BrF2N5O3S. The minimum Gasteiger partial charge on any atom is -0.335 e. The van der Waals surface area contributed by atoms with E-state index in [0.717, 1.165) is 24.9 Å². The van der Waals surface area contributed by atoms with E-state index in [1.807, 2.05) is 4.68 Å². The minimum atomic E-state index is -4.52. The van der Waals surface area contributed by atoms with Crippen molar-refractivity contribution >= 4 is 42.8 Å². The van der Waals surface area contributed by atoms with E-state index in [1.165, 1.54) is 54.1 Å². The summed E-state index contributed by atoms with van der Waals surface area (Å²) in [6.45, 7) is 0.756. The first-order valence-electron chi connectivity index (χ1n) is 14.2. The van der Waals surface area contributed by atoms with Crippen molar-refractivity contribution in [3.8, 4) is 0 Å². The Balaban J connectivity index is 1.32. The number of carbonyl (C=O) groups excluding carboxylic acids is 1. The summed E-state index contributed by atoms with van der Waals surface area (Å²) in [4.78, 5) is 15.2. The molecule has 2 saturated heterocycles. The summed E-state index contributed by atoms with van der Waals surface area (Å²) in [5, 5.41) is 5.05. The molecule has 1 amide bonds. The Morgan fingerprint density at radius 3 is 2.39 bits per heavy atom. The lowest BCUT2D eigenvalue weighted by atomic mass is 9.95. The predicted molar refractivity (Wildman–Crippen MR) is 155 cm³/mol. The molecule has 1 aromatic heterocycles. The van der Waals surface area contributed by atoms with Gasteiger partial charge in [-0.1, -0.05) is 40.9 Å². The molecule has 3 N–H and O–H groups in total. The van der Waals surface area contributed by atoms with Gasteiger partial charge in [-0.3, -0.25) is 9.48 Å². The zero-order chi connectivity index (χ0) is 28.9. The fourth-order valence-electron chi connectivity index (χ4n) is 6.88. The van der Waals surface area contributed by atoms with Gasteiger partial charge in [-0.2, -0.15) is 18.6 Å². The van der Waals surface area contributed by atoms with Gasteiger partial charge in [0.05, 0.1) is 16.6 Å². The van der Waals surface area contributed by atoms with Gasteiger partial charge in [0.2, 0.25) is 15.9 Å². The van der Waals surface area contributed by atoms with Crippen LogP contribution in [-0.4, -0.2) is 53.2 Å². The van der Waals surface area contributed by atoms with E-state index in [-0.39, 0.29) is 23.0 Å². The molecule has 3 aliphatic rings. The molecule has 2 aliphatic heterocycles. The van der Waals surface area contributed by atoms with Gasteiger partial charge < -0.3 is 10.6 Å². The normalized spacial score (nSPS) is 24.3. The average molecular weight is 651 g/mol. The summed E-state index contributed by atoms with van der Waals surface area (Å²) in [6.07, 6.45) is 8.62. The van der Waals surface area contributed by atoms with Crippen LogP contribution in [0.2, 0.25) is 0 Å². The largest absolute Gasteiger partial charge is 0.335 e. The smallest absolute Gasteiger partial charge is 0.298 e. The standard InChI is InChI=1S/C29H34BrF2N5O3S/c30-21-7-5-20(6-8-21)29(31,32)27(28(38)37-23-9-10-24(37)15-22(33)14-23)35-41(39,40)25-11-12-26-19(13-25)16-34-36(26)17-18-3-1-2-4-18/h5-8,11-13,16,18,22-24,27,35H,1-4,9-10,14-15,17,33H2. The van der Waals surface area contributed by atoms with Crippen LogP contribution in [0.25, 0.3) is 10.9 Å². The third-order valence-electron chi connectivity index (χ3n) is 8.97. The number of rotatable bonds is 8. The van der Waals surface area contributed by atoms with Gasteiger partial charge >= 0.3 is 0 Å². The Hall–Kier alpha value is -2.41. The minimum absolute atomic E-state index is 0.111. The van der Waals surface area contributed by atoms with E-state index >= 15 is 8.78 Å². The van der Waals surface area contributed by atoms with Crippen molar-refractivity contribution in [2.24, 2.45) is 11.7 Å². The molecule has 3 atom stereocenters. The lowest BCUT2D eigenvalue weighted by Gasteiger charge is -2.41. The van der Waals surface area contributed by atoms with Gasteiger partial charge in [-0.25, -0.2) is 8.42 Å². The second-order valence-electron chi connectivity index (χ2n) is 11.7. The molecule has 220 valence electrons. The molecule has 2 aromatic carbocycles. The number of benzene rings is 2. The predicted octanol–water partition coefficient (Wildman–Crippen LogP) is 4.91. The van der Waals surface area contributed by atoms with Crippen molar-refractivity contribution in [1.29, 1.82) is 0 Å². The maximum absolute atomic E-state index is 16.2. The summed E-state index contributed by atoms with van der Waals surface area (Å²) in [6, 6.07) is 6.75. The van der Waals surface area contributed by atoms with Gasteiger partial charge in [0.1, 0.15) is 0 Å². The van der Waals surface area contributed by atoms with Gasteiger partial charge in [-0.05, 0) is 74.8 Å². The number of fused-ring (bicyclic) bond motifs is 3. The highest BCUT2D eigenvalue weighted by atomic mass is 79.9. The van der Waals surface area contributed by atoms with Gasteiger partial charge in [-0.15, -0.1) is 0 Å². The number of hydrogen-bond acceptors (Lipinski definition) is 5. The number of nitrogens with zero attached hydrogens (tertiary/aromatic N) is 3. The van der Waals surface area contributed by atoms with E-state index in [2.05, 4.69) is 25.8 Å². The second kappa shape index (κ2) is 11.0. The first kappa shape index (κ1) is 28.7. The van der Waals surface area contributed by atoms with Crippen molar-refractivity contribution in [3.63, 3.8) is 0 Å². The average Bonchev–Trinajstić information content (AvgIpc) is 3.66. The molecule has 3 unspecified atom stereocenters. The summed E-state index contributed by atoms with van der Waals surface area (Å²) >= 11 is 3.25. The summed E-state index contributed by atoms with van der Waals surface area (Å²) < 4.78 is 64.3. The molecule has 3 fully saturated rings. The fourth-order valence-corrected chi connectivity index (χ4v) is 8.37. The number of nitrogens with two attached hydrogens (primary N) is 1. The van der Waals surface area contributed by atoms with Crippen molar-refractivity contribution in [3.05, 3.63) is 58.7 Å². The number of carbonyl (C=O) groups is 1. The molecule has 3 heterocycles. The second-order valence-corrected chi connectivity index (χ2v) is 14.4. The molecule has 1 saturated carbocycles. The SMILES string of the molecule is NC1CC2CCC(C1)N2C(=O)C(NS(=O)(=O)c1ccc2c(cnn2CC2CCCC2)c1)C(F)(F)c1ccc(Br)cc1. The third kappa shape index (κ3) is 5.55. The zero-order valence-electron chi connectivity index (χ0n) is 22.6. The quantitative estimate of drug-likeness (QED) is 0.360. The molecule has 41 heavy (non-hydrogen) atoms. The lowest BCUT2D eigenvalue weighted by molar-refractivity contribution is -0.149. The highest BCUT2D eigenvalue weighted by Crippen LogP contribution is 2.40. The van der Waals surface area contributed by atoms with Crippen LogP contribution in [0.3, 0.4) is 0 Å². The van der Waals surface area contributed by atoms with Crippen molar-refractivity contribution in [2.45, 2.75) is 92.9 Å². The van der Waals surface area contributed by atoms with E-state index in [4.69, 9.17) is 5.73 Å². The number of aromatic nitrogens is 2. The van der Waals surface area contributed by atoms with Crippen molar-refractivity contribution in [1.82, 2.24) is 19.4 Å². The maximum atomic E-state index is 16.2. The number of nitrogens with one attached hydrogen (secondary N) is 1. The first-order chi connectivity index (χ1) is 19.5. The van der Waals surface area contributed by atoms with Gasteiger partial charge in [0.15, 0.2) is 6.04 Å². The third-order valence-corrected chi connectivity index (χ3v) is 10.9. The van der Waals surface area contributed by atoms with Crippen LogP contribution in [0.15, 0.2) is 58.0 Å². The molecule has 3 aromatic rings. The highest BCUT2D eigenvalue weighted by Gasteiger charge is 2.53. The van der Waals surface area contributed by atoms with Crippen LogP contribution in [-0.2, 0) is 27.3 Å². The summed E-state index contributed by atoms with van der Waals surface area (Å²) in [7, 11) is -4.52. The first-order valence-corrected chi connectivity index (χ1v) is 16.5. The molecule has 12 heteroatoms. The lowest BCUT2D eigenvalue weighted by Crippen LogP contribution is -2.60. The molecular weight excluding hydrogens is 616 g/mol. The highest BCUT2D eigenvalue weighted by molar-refractivity contribution is 9.10. The monoisotopic (exact) mass is 649 g/mol. The van der Waals surface area contributed by atoms with Crippen LogP contribution < -0.4 is 10.5 Å². The van der Waals surface area contributed by atoms with Crippen LogP contribution in [0.4, 0.5) is 8.78 Å². The molecule has 0 radical (unpaired) electrons. The molecule has 1 aliphatic carbocycles. The molecule has 2 bridgehead atoms. The Labute approximate surface area is 246 Å². The number of sulfonamides is 1. The summed E-state index contributed by atoms with van der Waals surface area (Å²) in [5.41, 5.74) is 6.48. The van der Waals surface area contributed by atoms with Crippen LogP contribution in [0.1, 0.15) is 56.9 Å². The number of amides is 1. The molecule has 6 rings (SSSR count). The van der Waals surface area contributed by atoms with E-state index in [1.54, 1.807) is 12.3 Å². The van der Waals surface area contributed by atoms with E-state index in [9.17, 15) is 13.2 Å². The van der Waals surface area contributed by atoms with Crippen molar-refractivity contribution in [2.75, 3.05) is 0 Å². The molecule has 0 spiro atoms. The van der Waals surface area contributed by atoms with E-state index < -0.39 is 33.5 Å². The maximum Gasteiger partial charge on any atom is 0.298 e. The zero-order valence-corrected chi connectivity index (χ0v) is 25.0. The number of halogens is 3. The topological polar surface area (TPSA) is 110 Å². The Bertz CT molecular complexity index is 1530. The van der Waals surface area contributed by atoms with Crippen LogP contribution in [0, 0.1) is 5.92 Å². The Morgan fingerprint density at radius 1 is 1.07 bits per heavy atom. The van der Waals surface area contributed by atoms with Gasteiger partial charge in [0, 0.05) is 40.1 Å². The number of hydrogen-bond donors (Lipinski definition) is 2. The van der Waals surface area contributed by atoms with Crippen LogP contribution in [0.5, 0.6) is 0 Å². The van der Waals surface area contributed by atoms with Gasteiger partial charge in [0.25, 0.3) is 5.92 Å². The Kier molecular flexibility index (Phi) is 7.71. The van der Waals surface area contributed by atoms with E-state index in [0.29, 0.717) is 41.5 Å². The summed E-state index contributed by atoms with van der Waals surface area (Å²) in [5.74, 6) is -4.21. The molecule has 8 nitrogen and oxygen atoms in total. The number of piperidine rings is 1. The Morgan fingerprint density at radius 2 is 1.73 bits per heavy atom. The number of alkyl halides is 2. The van der Waals surface area contributed by atoms with Crippen molar-refractivity contribution < 1.29 is 22.0 Å².